The summed E-state index contributed by atoms with van der Waals surface area (Å²) in [6.45, 7) is 1.50. The Labute approximate surface area is 147 Å². The van der Waals surface area contributed by atoms with Crippen molar-refractivity contribution in [1.29, 1.82) is 0 Å². The van der Waals surface area contributed by atoms with Crippen LogP contribution >= 0.6 is 0 Å². The molecule has 0 unspecified atom stereocenters. The molecule has 1 aliphatic heterocycles. The number of likely N-dealkylation sites (tertiary alicyclic amines) is 1. The first-order chi connectivity index (χ1) is 12.0. The number of amides is 1. The fourth-order valence-electron chi connectivity index (χ4n) is 2.79. The lowest BCUT2D eigenvalue weighted by Crippen LogP contribution is -2.27. The van der Waals surface area contributed by atoms with Gasteiger partial charge in [0.15, 0.2) is 0 Å². The van der Waals surface area contributed by atoms with Crippen molar-refractivity contribution in [3.05, 3.63) is 54.1 Å². The summed E-state index contributed by atoms with van der Waals surface area (Å²) < 4.78 is 32.5. The van der Waals surface area contributed by atoms with Crippen LogP contribution in [0.3, 0.4) is 0 Å². The Morgan fingerprint density at radius 3 is 2.40 bits per heavy atom. The molecule has 0 atom stereocenters. The zero-order valence-electron chi connectivity index (χ0n) is 13.9. The quantitative estimate of drug-likeness (QED) is 0.890. The molecular formula is C18H20N2O4S. The van der Waals surface area contributed by atoms with Crippen molar-refractivity contribution in [3.8, 4) is 5.75 Å². The van der Waals surface area contributed by atoms with Crippen molar-refractivity contribution < 1.29 is 17.9 Å². The first-order valence-corrected chi connectivity index (χ1v) is 9.54. The Hall–Kier alpha value is -2.54. The van der Waals surface area contributed by atoms with Gasteiger partial charge in [0.25, 0.3) is 15.9 Å². The van der Waals surface area contributed by atoms with Crippen LogP contribution in [0.1, 0.15) is 23.2 Å². The maximum atomic E-state index is 12.5. The third-order valence-electron chi connectivity index (χ3n) is 4.12. The minimum absolute atomic E-state index is 0.0667. The predicted octanol–water partition coefficient (Wildman–Crippen LogP) is 2.73. The average Bonchev–Trinajstić information content (AvgIpc) is 3.15. The molecule has 6 nitrogen and oxygen atoms in total. The van der Waals surface area contributed by atoms with E-state index in [1.807, 2.05) is 0 Å². The van der Waals surface area contributed by atoms with Crippen LogP contribution in [0.5, 0.6) is 5.75 Å². The van der Waals surface area contributed by atoms with Gasteiger partial charge < -0.3 is 9.64 Å². The second-order valence-corrected chi connectivity index (χ2v) is 7.54. The Balaban J connectivity index is 1.79. The molecule has 1 heterocycles. The van der Waals surface area contributed by atoms with Gasteiger partial charge in [-0.1, -0.05) is 6.07 Å². The van der Waals surface area contributed by atoms with E-state index in [1.54, 1.807) is 41.3 Å². The van der Waals surface area contributed by atoms with Gasteiger partial charge in [0.2, 0.25) is 0 Å². The molecule has 1 amide bonds. The molecule has 25 heavy (non-hydrogen) atoms. The predicted molar refractivity (Wildman–Crippen MR) is 95.4 cm³/mol. The zero-order chi connectivity index (χ0) is 17.9. The number of carbonyl (C=O) groups excluding carboxylic acids is 1. The highest BCUT2D eigenvalue weighted by Crippen LogP contribution is 2.21. The summed E-state index contributed by atoms with van der Waals surface area (Å²) in [6, 6.07) is 12.7. The number of benzene rings is 2. The van der Waals surface area contributed by atoms with Crippen LogP contribution in [-0.2, 0) is 10.0 Å². The maximum Gasteiger partial charge on any atom is 0.261 e. The van der Waals surface area contributed by atoms with Gasteiger partial charge in [-0.25, -0.2) is 8.42 Å². The van der Waals surface area contributed by atoms with Crippen LogP contribution in [0.15, 0.2) is 53.4 Å². The third kappa shape index (κ3) is 3.93. The second kappa shape index (κ2) is 7.14. The van der Waals surface area contributed by atoms with E-state index in [9.17, 15) is 13.2 Å². The number of sulfonamides is 1. The number of hydrogen-bond acceptors (Lipinski definition) is 4. The number of nitrogens with one attached hydrogen (secondary N) is 1. The zero-order valence-corrected chi connectivity index (χ0v) is 14.8. The van der Waals surface area contributed by atoms with Gasteiger partial charge in [0.1, 0.15) is 5.75 Å². The van der Waals surface area contributed by atoms with Gasteiger partial charge in [-0.3, -0.25) is 9.52 Å². The molecule has 0 aliphatic carbocycles. The maximum absolute atomic E-state index is 12.5. The first kappa shape index (κ1) is 17.3. The smallest absolute Gasteiger partial charge is 0.261 e. The van der Waals surface area contributed by atoms with Crippen molar-refractivity contribution in [2.24, 2.45) is 0 Å². The molecule has 0 bridgehead atoms. The summed E-state index contributed by atoms with van der Waals surface area (Å²) in [5.74, 6) is 0.514. The molecule has 2 aromatic carbocycles. The number of hydrogen-bond donors (Lipinski definition) is 1. The Morgan fingerprint density at radius 2 is 1.76 bits per heavy atom. The van der Waals surface area contributed by atoms with E-state index >= 15 is 0 Å². The molecule has 1 aliphatic rings. The monoisotopic (exact) mass is 360 g/mol. The summed E-state index contributed by atoms with van der Waals surface area (Å²) in [6.07, 6.45) is 2.02. The molecule has 0 aromatic heterocycles. The van der Waals surface area contributed by atoms with Crippen LogP contribution in [0.2, 0.25) is 0 Å². The van der Waals surface area contributed by atoms with E-state index in [-0.39, 0.29) is 10.8 Å². The van der Waals surface area contributed by atoms with Crippen LogP contribution in [0.4, 0.5) is 5.69 Å². The highest BCUT2D eigenvalue weighted by atomic mass is 32.2. The number of ether oxygens (including phenoxy) is 1. The van der Waals surface area contributed by atoms with Crippen LogP contribution in [0, 0.1) is 0 Å². The number of anilines is 1. The van der Waals surface area contributed by atoms with Gasteiger partial charge in [-0.15, -0.1) is 0 Å². The summed E-state index contributed by atoms with van der Waals surface area (Å²) >= 11 is 0. The fraction of sp³-hybridized carbons (Fsp3) is 0.278. The number of methoxy groups -OCH3 is 1. The molecular weight excluding hydrogens is 340 g/mol. The number of nitrogens with zero attached hydrogens (tertiary/aromatic N) is 1. The minimum atomic E-state index is -3.73. The van der Waals surface area contributed by atoms with Gasteiger partial charge in [-0.05, 0) is 55.3 Å². The molecule has 0 radical (unpaired) electrons. The van der Waals surface area contributed by atoms with Crippen molar-refractivity contribution in [2.75, 3.05) is 24.9 Å². The van der Waals surface area contributed by atoms with E-state index in [2.05, 4.69) is 4.72 Å². The molecule has 1 saturated heterocycles. The van der Waals surface area contributed by atoms with Crippen molar-refractivity contribution in [2.45, 2.75) is 17.7 Å². The van der Waals surface area contributed by atoms with E-state index in [1.165, 1.54) is 19.2 Å². The van der Waals surface area contributed by atoms with E-state index in [0.717, 1.165) is 25.9 Å². The lowest BCUT2D eigenvalue weighted by atomic mass is 10.2. The lowest BCUT2D eigenvalue weighted by Gasteiger charge is -2.16. The second-order valence-electron chi connectivity index (χ2n) is 5.86. The van der Waals surface area contributed by atoms with E-state index < -0.39 is 10.0 Å². The van der Waals surface area contributed by atoms with Crippen molar-refractivity contribution in [1.82, 2.24) is 4.90 Å². The van der Waals surface area contributed by atoms with Gasteiger partial charge in [0.05, 0.1) is 12.0 Å². The molecule has 132 valence electrons. The number of rotatable bonds is 5. The summed E-state index contributed by atoms with van der Waals surface area (Å²) in [4.78, 5) is 14.4. The molecule has 0 spiro atoms. The first-order valence-electron chi connectivity index (χ1n) is 8.06. The molecule has 2 aromatic rings. The summed E-state index contributed by atoms with van der Waals surface area (Å²) in [7, 11) is -2.21. The number of carbonyl (C=O) groups is 1. The molecule has 1 N–H and O–H groups in total. The molecule has 1 fully saturated rings. The van der Waals surface area contributed by atoms with E-state index in [4.69, 9.17) is 4.74 Å². The standard InChI is InChI=1S/C18H20N2O4S/c1-24-16-7-9-17(10-8-16)25(22,23)19-15-6-4-5-14(13-15)18(21)20-11-2-3-12-20/h4-10,13,19H,2-3,11-12H2,1H3. The van der Waals surface area contributed by atoms with Crippen LogP contribution in [0.25, 0.3) is 0 Å². The Morgan fingerprint density at radius 1 is 1.08 bits per heavy atom. The van der Waals surface area contributed by atoms with Gasteiger partial charge >= 0.3 is 0 Å². The van der Waals surface area contributed by atoms with Crippen molar-refractivity contribution >= 4 is 21.6 Å². The highest BCUT2D eigenvalue weighted by Gasteiger charge is 2.20. The topological polar surface area (TPSA) is 75.7 Å². The van der Waals surface area contributed by atoms with Crippen LogP contribution < -0.4 is 9.46 Å². The summed E-state index contributed by atoms with van der Waals surface area (Å²) in [5, 5.41) is 0. The molecule has 0 saturated carbocycles. The third-order valence-corrected chi connectivity index (χ3v) is 5.52. The Kier molecular flexibility index (Phi) is 4.94. The fourth-order valence-corrected chi connectivity index (χ4v) is 3.84. The summed E-state index contributed by atoms with van der Waals surface area (Å²) in [5.41, 5.74) is 0.845. The van der Waals surface area contributed by atoms with Crippen molar-refractivity contribution in [3.63, 3.8) is 0 Å². The normalized spacial score (nSPS) is 14.4. The largest absolute Gasteiger partial charge is 0.497 e. The van der Waals surface area contributed by atoms with E-state index in [0.29, 0.717) is 17.0 Å². The minimum Gasteiger partial charge on any atom is -0.497 e. The SMILES string of the molecule is COc1ccc(S(=O)(=O)Nc2cccc(C(=O)N3CCCC3)c2)cc1. The average molecular weight is 360 g/mol. The molecule has 7 heteroatoms. The molecule has 3 rings (SSSR count). The highest BCUT2D eigenvalue weighted by molar-refractivity contribution is 7.92. The lowest BCUT2D eigenvalue weighted by molar-refractivity contribution is 0.0793. The van der Waals surface area contributed by atoms with Crippen LogP contribution in [-0.4, -0.2) is 39.4 Å². The Bertz CT molecular complexity index is 857. The van der Waals surface area contributed by atoms with Gasteiger partial charge in [-0.2, -0.15) is 0 Å². The van der Waals surface area contributed by atoms with Gasteiger partial charge in [0, 0.05) is 24.3 Å².